The number of phenols is 1. The van der Waals surface area contributed by atoms with Crippen molar-refractivity contribution >= 4 is 27.4 Å². The number of thiophene rings is 1. The third-order valence-corrected chi connectivity index (χ3v) is 6.39. The average molecular weight is 465 g/mol. The lowest BCUT2D eigenvalue weighted by molar-refractivity contribution is 0.339. The van der Waals surface area contributed by atoms with Gasteiger partial charge >= 0.3 is 0 Å². The van der Waals surface area contributed by atoms with Gasteiger partial charge in [-0.2, -0.15) is 5.11 Å². The Kier molecular flexibility index (Phi) is 6.69. The van der Waals surface area contributed by atoms with E-state index >= 15 is 0 Å². The van der Waals surface area contributed by atoms with E-state index in [-0.39, 0.29) is 12.3 Å². The highest BCUT2D eigenvalue weighted by Gasteiger charge is 2.18. The van der Waals surface area contributed by atoms with Crippen LogP contribution in [-0.2, 0) is 6.54 Å². The predicted octanol–water partition coefficient (Wildman–Crippen LogP) is 6.07. The Morgan fingerprint density at radius 2 is 1.76 bits per heavy atom. The van der Waals surface area contributed by atoms with Gasteiger partial charge in [0.15, 0.2) is 17.3 Å². The summed E-state index contributed by atoms with van der Waals surface area (Å²) in [6.07, 6.45) is 1.50. The minimum Gasteiger partial charge on any atom is -0.502 e. The molecule has 4 aromatic rings. The lowest BCUT2D eigenvalue weighted by Crippen LogP contribution is -1.93. The van der Waals surface area contributed by atoms with E-state index in [1.165, 1.54) is 20.5 Å². The highest BCUT2D eigenvalue weighted by atomic mass is 32.1. The van der Waals surface area contributed by atoms with Gasteiger partial charge in [-0.15, -0.1) is 16.5 Å². The van der Waals surface area contributed by atoms with Gasteiger partial charge in [0.1, 0.15) is 16.8 Å². The molecule has 1 N–H and O–H groups in total. The highest BCUT2D eigenvalue weighted by molar-refractivity contribution is 7.23. The number of ether oxygens (including phenoxy) is 3. The van der Waals surface area contributed by atoms with E-state index in [0.717, 1.165) is 37.5 Å². The van der Waals surface area contributed by atoms with Crippen molar-refractivity contribution in [2.45, 2.75) is 20.4 Å². The number of aromatic hydroxyl groups is 1. The highest BCUT2D eigenvalue weighted by Crippen LogP contribution is 2.43. The fourth-order valence-corrected chi connectivity index (χ4v) is 4.72. The molecular weight excluding hydrogens is 440 g/mol. The van der Waals surface area contributed by atoms with E-state index < -0.39 is 0 Å². The zero-order valence-electron chi connectivity index (χ0n) is 18.8. The number of phenolic OH excluding ortho intramolecular Hbond substituents is 1. The zero-order chi connectivity index (χ0) is 23.4. The minimum absolute atomic E-state index is 0.0490. The second-order valence-corrected chi connectivity index (χ2v) is 8.13. The number of aromatic nitrogens is 2. The second kappa shape index (κ2) is 9.83. The summed E-state index contributed by atoms with van der Waals surface area (Å²) >= 11 is 1.57. The molecule has 0 aliphatic carbocycles. The first-order valence-corrected chi connectivity index (χ1v) is 11.2. The van der Waals surface area contributed by atoms with Crippen LogP contribution in [0.1, 0.15) is 18.1 Å². The van der Waals surface area contributed by atoms with Crippen LogP contribution in [0.4, 0.5) is 5.82 Å². The first-order chi connectivity index (χ1) is 16.1. The van der Waals surface area contributed by atoms with Gasteiger partial charge in [-0.1, -0.05) is 12.1 Å². The number of hydrogen-bond donors (Lipinski definition) is 1. The molecule has 0 aliphatic rings. The Morgan fingerprint density at radius 1 is 1.03 bits per heavy atom. The summed E-state index contributed by atoms with van der Waals surface area (Å²) in [5.74, 6) is 1.92. The molecule has 0 saturated heterocycles. The summed E-state index contributed by atoms with van der Waals surface area (Å²) in [4.78, 5) is 9.89. The fourth-order valence-electron chi connectivity index (χ4n) is 3.50. The van der Waals surface area contributed by atoms with Gasteiger partial charge in [-0.05, 0) is 49.2 Å². The van der Waals surface area contributed by atoms with Crippen LogP contribution in [0.5, 0.6) is 23.0 Å². The Hall–Kier alpha value is -3.72. The molecule has 0 aliphatic heterocycles. The molecule has 9 heteroatoms. The normalized spacial score (nSPS) is 11.3. The zero-order valence-corrected chi connectivity index (χ0v) is 19.6. The van der Waals surface area contributed by atoms with Gasteiger partial charge in [-0.3, -0.25) is 0 Å². The predicted molar refractivity (Wildman–Crippen MR) is 128 cm³/mol. The molecule has 2 heterocycles. The first-order valence-electron chi connectivity index (χ1n) is 10.3. The molecule has 0 saturated carbocycles. The van der Waals surface area contributed by atoms with E-state index in [1.54, 1.807) is 23.5 Å². The van der Waals surface area contributed by atoms with Crippen LogP contribution in [-0.4, -0.2) is 35.9 Å². The summed E-state index contributed by atoms with van der Waals surface area (Å²) in [6, 6.07) is 11.4. The molecule has 2 aromatic carbocycles. The van der Waals surface area contributed by atoms with Gasteiger partial charge in [-0.25, -0.2) is 9.97 Å². The Morgan fingerprint density at radius 3 is 2.45 bits per heavy atom. The van der Waals surface area contributed by atoms with E-state index in [9.17, 15) is 5.11 Å². The molecule has 0 fully saturated rings. The van der Waals surface area contributed by atoms with Crippen LogP contribution >= 0.6 is 11.3 Å². The van der Waals surface area contributed by atoms with Crippen LogP contribution in [0, 0.1) is 6.92 Å². The number of benzene rings is 2. The van der Waals surface area contributed by atoms with Crippen LogP contribution < -0.4 is 14.2 Å². The molecule has 0 atom stereocenters. The maximum atomic E-state index is 10.1. The average Bonchev–Trinajstić information content (AvgIpc) is 3.17. The molecular formula is C24H24N4O4S. The summed E-state index contributed by atoms with van der Waals surface area (Å²) in [5.41, 5.74) is 3.70. The number of fused-ring (bicyclic) bond motifs is 1. The Balaban J connectivity index is 1.68. The maximum Gasteiger partial charge on any atom is 0.200 e. The van der Waals surface area contributed by atoms with Gasteiger partial charge in [0.2, 0.25) is 5.75 Å². The standard InChI is InChI=1S/C24H24N4O4S/c1-5-32-17-9-7-6-8-16(17)22-14(2)20-23(33-22)24(26-13-25-20)28-27-12-15-10-18(30-3)21(29)19(11-15)31-4/h6-11,13,29H,5,12H2,1-4H3. The summed E-state index contributed by atoms with van der Waals surface area (Å²) in [5, 5.41) is 18.8. The third kappa shape index (κ3) is 4.45. The van der Waals surface area contributed by atoms with E-state index in [0.29, 0.717) is 23.9 Å². The quantitative estimate of drug-likeness (QED) is 0.318. The first kappa shape index (κ1) is 22.5. The van der Waals surface area contributed by atoms with E-state index in [2.05, 4.69) is 20.2 Å². The second-order valence-electron chi connectivity index (χ2n) is 7.11. The lowest BCUT2D eigenvalue weighted by Gasteiger charge is -2.09. The fraction of sp³-hybridized carbons (Fsp3) is 0.250. The SMILES string of the molecule is CCOc1ccccc1-c1sc2c(N=NCc3cc(OC)c(O)c(OC)c3)ncnc2c1C. The maximum absolute atomic E-state index is 10.1. The lowest BCUT2D eigenvalue weighted by atomic mass is 10.1. The number of nitrogens with zero attached hydrogens (tertiary/aromatic N) is 4. The van der Waals surface area contributed by atoms with Crippen molar-refractivity contribution in [2.24, 2.45) is 10.2 Å². The number of para-hydroxylation sites is 1. The van der Waals surface area contributed by atoms with Crippen molar-refractivity contribution < 1.29 is 19.3 Å². The van der Waals surface area contributed by atoms with Crippen molar-refractivity contribution in [3.8, 4) is 33.4 Å². The van der Waals surface area contributed by atoms with Crippen LogP contribution in [0.3, 0.4) is 0 Å². The van der Waals surface area contributed by atoms with Gasteiger partial charge in [0.25, 0.3) is 0 Å². The van der Waals surface area contributed by atoms with Crippen LogP contribution in [0.15, 0.2) is 53.0 Å². The molecule has 33 heavy (non-hydrogen) atoms. The molecule has 0 amide bonds. The molecule has 4 rings (SSSR count). The number of azo groups is 1. The van der Waals surface area contributed by atoms with Crippen molar-refractivity contribution in [3.63, 3.8) is 0 Å². The molecule has 0 radical (unpaired) electrons. The largest absolute Gasteiger partial charge is 0.502 e. The number of methoxy groups -OCH3 is 2. The van der Waals surface area contributed by atoms with Crippen LogP contribution in [0.2, 0.25) is 0 Å². The smallest absolute Gasteiger partial charge is 0.200 e. The molecule has 0 unspecified atom stereocenters. The molecule has 0 bridgehead atoms. The molecule has 2 aromatic heterocycles. The molecule has 8 nitrogen and oxygen atoms in total. The topological polar surface area (TPSA) is 98.4 Å². The monoisotopic (exact) mass is 464 g/mol. The molecule has 0 spiro atoms. The van der Waals surface area contributed by atoms with E-state index in [4.69, 9.17) is 14.2 Å². The van der Waals surface area contributed by atoms with Gasteiger partial charge in [0, 0.05) is 10.4 Å². The van der Waals surface area contributed by atoms with Gasteiger partial charge < -0.3 is 19.3 Å². The Labute approximate surface area is 195 Å². The molecule has 170 valence electrons. The van der Waals surface area contributed by atoms with Crippen LogP contribution in [0.25, 0.3) is 20.7 Å². The minimum atomic E-state index is -0.0490. The van der Waals surface area contributed by atoms with Crippen molar-refractivity contribution in [1.29, 1.82) is 0 Å². The van der Waals surface area contributed by atoms with Crippen molar-refractivity contribution in [2.75, 3.05) is 20.8 Å². The number of aryl methyl sites for hydroxylation is 1. The summed E-state index contributed by atoms with van der Waals surface area (Å²) in [7, 11) is 2.97. The third-order valence-electron chi connectivity index (χ3n) is 5.07. The Bertz CT molecular complexity index is 1290. The number of rotatable bonds is 8. The number of hydrogen-bond acceptors (Lipinski definition) is 9. The summed E-state index contributed by atoms with van der Waals surface area (Å²) in [6.45, 7) is 4.87. The van der Waals surface area contributed by atoms with Gasteiger partial charge in [0.05, 0.1) is 32.9 Å². The van der Waals surface area contributed by atoms with Crippen molar-refractivity contribution in [3.05, 3.63) is 53.9 Å². The summed E-state index contributed by atoms with van der Waals surface area (Å²) < 4.78 is 17.1. The van der Waals surface area contributed by atoms with Crippen molar-refractivity contribution in [1.82, 2.24) is 9.97 Å². The van der Waals surface area contributed by atoms with E-state index in [1.807, 2.05) is 38.1 Å².